The molecule has 0 saturated heterocycles. The molecular formula is C25H17ClN4O2. The molecule has 0 aliphatic rings. The third kappa shape index (κ3) is 3.40. The number of rotatable bonds is 4. The summed E-state index contributed by atoms with van der Waals surface area (Å²) in [6.07, 6.45) is 3.09. The Bertz CT molecular complexity index is 1430. The van der Waals surface area contributed by atoms with Crippen LogP contribution in [0.15, 0.2) is 89.8 Å². The van der Waals surface area contributed by atoms with Gasteiger partial charge >= 0.3 is 0 Å². The molecule has 0 radical (unpaired) electrons. The first-order valence-electron chi connectivity index (χ1n) is 9.94. The second-order valence-corrected chi connectivity index (χ2v) is 7.55. The van der Waals surface area contributed by atoms with Crippen LogP contribution in [0.5, 0.6) is 0 Å². The predicted molar refractivity (Wildman–Crippen MR) is 125 cm³/mol. The van der Waals surface area contributed by atoms with Crippen LogP contribution < -0.4 is 4.90 Å². The van der Waals surface area contributed by atoms with Crippen molar-refractivity contribution in [2.75, 3.05) is 4.90 Å². The van der Waals surface area contributed by atoms with E-state index in [4.69, 9.17) is 16.1 Å². The van der Waals surface area contributed by atoms with Gasteiger partial charge in [-0.15, -0.1) is 0 Å². The second-order valence-electron chi connectivity index (χ2n) is 7.14. The minimum atomic E-state index is -0.269. The molecule has 0 bridgehead atoms. The number of carbonyl (C=O) groups excluding carboxylic acids is 1. The molecule has 0 aliphatic carbocycles. The van der Waals surface area contributed by atoms with E-state index in [1.54, 1.807) is 30.5 Å². The predicted octanol–water partition coefficient (Wildman–Crippen LogP) is 6.29. The average Bonchev–Trinajstić information content (AvgIpc) is 3.25. The van der Waals surface area contributed by atoms with Crippen LogP contribution in [-0.4, -0.2) is 21.0 Å². The summed E-state index contributed by atoms with van der Waals surface area (Å²) in [5, 5.41) is 6.89. The zero-order chi connectivity index (χ0) is 22.1. The number of amides is 1. The first-order valence-corrected chi connectivity index (χ1v) is 10.3. The maximum atomic E-state index is 12.8. The number of hydrogen-bond acceptors (Lipinski definition) is 5. The highest BCUT2D eigenvalue weighted by atomic mass is 35.5. The van der Waals surface area contributed by atoms with E-state index in [9.17, 15) is 4.79 Å². The molecule has 0 spiro atoms. The summed E-state index contributed by atoms with van der Waals surface area (Å²) in [6.45, 7) is 1.45. The highest BCUT2D eigenvalue weighted by Crippen LogP contribution is 2.44. The summed E-state index contributed by atoms with van der Waals surface area (Å²) >= 11 is 6.43. The third-order valence-electron chi connectivity index (χ3n) is 5.17. The standard InChI is InChI=1S/C25H17ClN4O2/c1-16(31)30(22-12-5-4-11-20(22)26)25-23(21-13-14-27-15-28-21)24(29-32-25)19-10-6-8-17-7-2-3-9-18(17)19/h2-15H,1H3. The van der Waals surface area contributed by atoms with Crippen molar-refractivity contribution in [3.63, 3.8) is 0 Å². The van der Waals surface area contributed by atoms with Crippen LogP contribution in [0.4, 0.5) is 11.6 Å². The molecule has 156 valence electrons. The van der Waals surface area contributed by atoms with E-state index >= 15 is 0 Å². The van der Waals surface area contributed by atoms with Crippen molar-refractivity contribution >= 4 is 39.9 Å². The number of fused-ring (bicyclic) bond motifs is 1. The molecule has 0 saturated carbocycles. The van der Waals surface area contributed by atoms with Crippen LogP contribution in [0.3, 0.4) is 0 Å². The number of carbonyl (C=O) groups is 1. The number of hydrogen-bond donors (Lipinski definition) is 0. The number of para-hydroxylation sites is 1. The Labute approximate surface area is 189 Å². The summed E-state index contributed by atoms with van der Waals surface area (Å²) in [4.78, 5) is 22.7. The van der Waals surface area contributed by atoms with E-state index in [2.05, 4.69) is 15.1 Å². The van der Waals surface area contributed by atoms with E-state index in [1.165, 1.54) is 18.2 Å². The van der Waals surface area contributed by atoms with Crippen LogP contribution in [-0.2, 0) is 4.79 Å². The van der Waals surface area contributed by atoms with Crippen molar-refractivity contribution in [3.8, 4) is 22.5 Å². The number of anilines is 2. The van der Waals surface area contributed by atoms with Gasteiger partial charge in [0.1, 0.15) is 12.0 Å². The summed E-state index contributed by atoms with van der Waals surface area (Å²) in [6, 6.07) is 22.9. The first-order chi connectivity index (χ1) is 15.6. The van der Waals surface area contributed by atoms with Gasteiger partial charge in [-0.25, -0.2) is 14.9 Å². The van der Waals surface area contributed by atoms with Gasteiger partial charge in [-0.1, -0.05) is 71.4 Å². The molecule has 32 heavy (non-hydrogen) atoms. The average molecular weight is 441 g/mol. The van der Waals surface area contributed by atoms with Gasteiger partial charge in [0.2, 0.25) is 11.8 Å². The Kier molecular flexibility index (Phi) is 5.13. The molecule has 7 heteroatoms. The molecule has 0 fully saturated rings. The minimum absolute atomic E-state index is 0.243. The van der Waals surface area contributed by atoms with E-state index < -0.39 is 0 Å². The lowest BCUT2D eigenvalue weighted by Gasteiger charge is -2.20. The Morgan fingerprint density at radius 1 is 0.969 bits per heavy atom. The molecule has 5 aromatic rings. The zero-order valence-corrected chi connectivity index (χ0v) is 17.8. The van der Waals surface area contributed by atoms with Gasteiger partial charge < -0.3 is 4.52 Å². The molecule has 0 N–H and O–H groups in total. The van der Waals surface area contributed by atoms with E-state index in [-0.39, 0.29) is 11.8 Å². The molecule has 5 rings (SSSR count). The summed E-state index contributed by atoms with van der Waals surface area (Å²) in [5.74, 6) is -0.0266. The zero-order valence-electron chi connectivity index (χ0n) is 17.1. The molecule has 2 heterocycles. The van der Waals surface area contributed by atoms with E-state index in [0.29, 0.717) is 27.7 Å². The van der Waals surface area contributed by atoms with Crippen LogP contribution in [0.2, 0.25) is 5.02 Å². The molecule has 3 aromatic carbocycles. The maximum Gasteiger partial charge on any atom is 0.248 e. The van der Waals surface area contributed by atoms with Gasteiger partial charge in [-0.05, 0) is 29.0 Å². The van der Waals surface area contributed by atoms with Crippen LogP contribution >= 0.6 is 11.6 Å². The Hall–Kier alpha value is -4.03. The van der Waals surface area contributed by atoms with Crippen molar-refractivity contribution in [3.05, 3.63) is 90.3 Å². The van der Waals surface area contributed by atoms with E-state index in [0.717, 1.165) is 16.3 Å². The molecule has 6 nitrogen and oxygen atoms in total. The van der Waals surface area contributed by atoms with Gasteiger partial charge in [0.15, 0.2) is 0 Å². The molecule has 0 aliphatic heterocycles. The third-order valence-corrected chi connectivity index (χ3v) is 5.49. The van der Waals surface area contributed by atoms with Crippen molar-refractivity contribution in [1.29, 1.82) is 0 Å². The van der Waals surface area contributed by atoms with Crippen molar-refractivity contribution in [2.24, 2.45) is 0 Å². The van der Waals surface area contributed by atoms with Crippen molar-refractivity contribution in [2.45, 2.75) is 6.92 Å². The molecule has 1 amide bonds. The van der Waals surface area contributed by atoms with Gasteiger partial charge in [-0.3, -0.25) is 4.79 Å². The SMILES string of the molecule is CC(=O)N(c1ccccc1Cl)c1onc(-c2cccc3ccccc23)c1-c1ccncn1. The van der Waals surface area contributed by atoms with Gasteiger partial charge in [0, 0.05) is 18.7 Å². The number of aromatic nitrogens is 3. The summed E-state index contributed by atoms with van der Waals surface area (Å²) in [5.41, 5.74) is 3.11. The fraction of sp³-hybridized carbons (Fsp3) is 0.0400. The number of benzene rings is 3. The van der Waals surface area contributed by atoms with Crippen LogP contribution in [0.1, 0.15) is 6.92 Å². The fourth-order valence-electron chi connectivity index (χ4n) is 3.77. The number of halogens is 1. The van der Waals surface area contributed by atoms with E-state index in [1.807, 2.05) is 48.5 Å². The largest absolute Gasteiger partial charge is 0.336 e. The Morgan fingerprint density at radius 2 is 1.75 bits per heavy atom. The Morgan fingerprint density at radius 3 is 2.53 bits per heavy atom. The highest BCUT2D eigenvalue weighted by Gasteiger charge is 2.29. The lowest BCUT2D eigenvalue weighted by molar-refractivity contribution is -0.116. The van der Waals surface area contributed by atoms with Gasteiger partial charge in [-0.2, -0.15) is 0 Å². The monoisotopic (exact) mass is 440 g/mol. The highest BCUT2D eigenvalue weighted by molar-refractivity contribution is 6.34. The molecule has 0 atom stereocenters. The lowest BCUT2D eigenvalue weighted by Crippen LogP contribution is -2.23. The van der Waals surface area contributed by atoms with Crippen molar-refractivity contribution < 1.29 is 9.32 Å². The van der Waals surface area contributed by atoms with Gasteiger partial charge in [0.25, 0.3) is 0 Å². The summed E-state index contributed by atoms with van der Waals surface area (Å²) in [7, 11) is 0. The lowest BCUT2D eigenvalue weighted by atomic mass is 9.98. The second kappa shape index (κ2) is 8.24. The van der Waals surface area contributed by atoms with Crippen LogP contribution in [0, 0.1) is 0 Å². The normalized spacial score (nSPS) is 10.9. The van der Waals surface area contributed by atoms with Crippen molar-refractivity contribution in [1.82, 2.24) is 15.1 Å². The topological polar surface area (TPSA) is 72.1 Å². The molecular weight excluding hydrogens is 424 g/mol. The maximum absolute atomic E-state index is 12.8. The summed E-state index contributed by atoms with van der Waals surface area (Å²) < 4.78 is 5.82. The number of nitrogens with zero attached hydrogens (tertiary/aromatic N) is 4. The minimum Gasteiger partial charge on any atom is -0.336 e. The van der Waals surface area contributed by atoms with Crippen LogP contribution in [0.25, 0.3) is 33.3 Å². The smallest absolute Gasteiger partial charge is 0.248 e. The quantitative estimate of drug-likeness (QED) is 0.328. The Balaban J connectivity index is 1.81. The fourth-order valence-corrected chi connectivity index (χ4v) is 3.99. The molecule has 2 aromatic heterocycles. The first kappa shape index (κ1) is 19.9. The molecule has 0 unspecified atom stereocenters. The van der Waals surface area contributed by atoms with Gasteiger partial charge in [0.05, 0.1) is 22.0 Å².